The van der Waals surface area contributed by atoms with Crippen molar-refractivity contribution in [2.45, 2.75) is 20.8 Å². The van der Waals surface area contributed by atoms with Crippen molar-refractivity contribution < 1.29 is 118 Å². The number of carboxylic acids is 3. The number of nitrogens with two attached hydrogens (primary N) is 2. The Morgan fingerprint density at radius 3 is 0.955 bits per heavy atom. The second-order valence-electron chi connectivity index (χ2n) is 2.80. The van der Waals surface area contributed by atoms with E-state index in [0.29, 0.717) is 13.1 Å². The fraction of sp³-hybridized carbons (Fsp3) is 0.700. The standard InChI is InChI=1S/C4H13N3.3C2H4O2.3Na/c5-1-3-7-4-2-6;3*1-2(3)4;;;/h7H,1-6H2;3*1H3,(H,3,4);;;/q;;;;3*+1/p-3. The van der Waals surface area contributed by atoms with Crippen LogP contribution in [0.3, 0.4) is 0 Å². The average Bonchev–Trinajstić information content (AvgIpc) is 2.15. The number of aliphatic carboxylic acids is 3. The minimum absolute atomic E-state index is 0. The van der Waals surface area contributed by atoms with Crippen molar-refractivity contribution in [1.82, 2.24) is 5.32 Å². The van der Waals surface area contributed by atoms with Gasteiger partial charge in [0.05, 0.1) is 0 Å². The summed E-state index contributed by atoms with van der Waals surface area (Å²) in [6.45, 7) is 6.05. The van der Waals surface area contributed by atoms with Gasteiger partial charge in [0.25, 0.3) is 0 Å². The molecule has 9 nitrogen and oxygen atoms in total. The number of hydrogen-bond acceptors (Lipinski definition) is 9. The fourth-order valence-electron chi connectivity index (χ4n) is 0.329. The van der Waals surface area contributed by atoms with E-state index in [1.807, 2.05) is 0 Å². The minimum Gasteiger partial charge on any atom is -0.550 e. The van der Waals surface area contributed by atoms with Crippen LogP contribution in [0.4, 0.5) is 0 Å². The van der Waals surface area contributed by atoms with Crippen LogP contribution in [0.15, 0.2) is 0 Å². The fourth-order valence-corrected chi connectivity index (χ4v) is 0.329. The first-order valence-corrected chi connectivity index (χ1v) is 5.25. The van der Waals surface area contributed by atoms with Crippen molar-refractivity contribution in [1.29, 1.82) is 0 Å². The predicted octanol–water partition coefficient (Wildman–Crippen LogP) is -14.2. The monoisotopic (exact) mass is 349 g/mol. The van der Waals surface area contributed by atoms with Gasteiger partial charge in [-0.1, -0.05) is 0 Å². The third kappa shape index (κ3) is 313. The number of hydrogen-bond donors (Lipinski definition) is 3. The van der Waals surface area contributed by atoms with E-state index >= 15 is 0 Å². The van der Waals surface area contributed by atoms with Crippen LogP contribution < -0.4 is 121 Å². The molecule has 0 aliphatic carbocycles. The molecule has 0 spiro atoms. The van der Waals surface area contributed by atoms with Gasteiger partial charge in [0.1, 0.15) is 0 Å². The SMILES string of the molecule is CC(=O)[O-].CC(=O)[O-].CC(=O)[O-].NCCNCCN.[Na+].[Na+].[Na+]. The minimum atomic E-state index is -1.08. The summed E-state index contributed by atoms with van der Waals surface area (Å²) in [5, 5.41) is 29.7. The van der Waals surface area contributed by atoms with Crippen LogP contribution in [-0.2, 0) is 14.4 Å². The molecule has 0 amide bonds. The second-order valence-corrected chi connectivity index (χ2v) is 2.80. The number of carbonyl (C=O) groups is 3. The smallest absolute Gasteiger partial charge is 0.550 e. The maximum atomic E-state index is 8.89. The molecule has 0 fully saturated rings. The zero-order chi connectivity index (χ0) is 16.3. The number of carbonyl (C=O) groups excluding carboxylic acids is 3. The van der Waals surface area contributed by atoms with Gasteiger partial charge >= 0.3 is 88.7 Å². The summed E-state index contributed by atoms with van der Waals surface area (Å²) in [5.41, 5.74) is 10.3. The van der Waals surface area contributed by atoms with Crippen LogP contribution >= 0.6 is 0 Å². The molecule has 22 heavy (non-hydrogen) atoms. The Labute approximate surface area is 197 Å². The Balaban J connectivity index is -0.0000000270. The third-order valence-electron chi connectivity index (χ3n) is 0.642. The predicted molar refractivity (Wildman–Crippen MR) is 63.0 cm³/mol. The van der Waals surface area contributed by atoms with Crippen molar-refractivity contribution in [3.8, 4) is 0 Å². The van der Waals surface area contributed by atoms with Crippen molar-refractivity contribution in [3.05, 3.63) is 0 Å². The molecule has 0 heterocycles. The van der Waals surface area contributed by atoms with Crippen LogP contribution in [0.25, 0.3) is 0 Å². The Kier molecular flexibility index (Phi) is 85.7. The molecule has 0 bridgehead atoms. The summed E-state index contributed by atoms with van der Waals surface area (Å²) < 4.78 is 0. The van der Waals surface area contributed by atoms with Crippen LogP contribution in [0.2, 0.25) is 0 Å². The summed E-state index contributed by atoms with van der Waals surface area (Å²) in [4.78, 5) is 26.7. The molecule has 0 saturated carbocycles. The number of carboxylic acid groups (broad SMARTS) is 3. The topological polar surface area (TPSA) is 184 Å². The van der Waals surface area contributed by atoms with E-state index in [-0.39, 0.29) is 88.7 Å². The van der Waals surface area contributed by atoms with Gasteiger partial charge in [0.2, 0.25) is 0 Å². The van der Waals surface area contributed by atoms with Crippen LogP contribution in [-0.4, -0.2) is 44.1 Å². The summed E-state index contributed by atoms with van der Waals surface area (Å²) in [7, 11) is 0. The Hall–Kier alpha value is 1.29. The average molecular weight is 349 g/mol. The van der Waals surface area contributed by atoms with Crippen molar-refractivity contribution in [3.63, 3.8) is 0 Å². The Morgan fingerprint density at radius 2 is 0.864 bits per heavy atom. The van der Waals surface area contributed by atoms with Gasteiger partial charge in [-0.3, -0.25) is 0 Å². The van der Waals surface area contributed by atoms with Gasteiger partial charge in [0, 0.05) is 44.1 Å². The molecular weight excluding hydrogens is 327 g/mol. The maximum Gasteiger partial charge on any atom is 1.00 e. The summed E-state index contributed by atoms with van der Waals surface area (Å²) in [6.07, 6.45) is 0. The molecule has 0 aliphatic heterocycles. The molecule has 0 unspecified atom stereocenters. The van der Waals surface area contributed by atoms with Crippen molar-refractivity contribution >= 4 is 17.9 Å². The van der Waals surface area contributed by atoms with E-state index < -0.39 is 17.9 Å². The summed E-state index contributed by atoms with van der Waals surface area (Å²) in [5.74, 6) is -3.25. The zero-order valence-electron chi connectivity index (χ0n) is 14.4. The third-order valence-corrected chi connectivity index (χ3v) is 0.642. The van der Waals surface area contributed by atoms with Crippen LogP contribution in [0.1, 0.15) is 20.8 Å². The second kappa shape index (κ2) is 43.2. The maximum absolute atomic E-state index is 8.89. The molecular formula is C10H22N3Na3O6. The molecule has 0 aromatic carbocycles. The van der Waals surface area contributed by atoms with E-state index in [2.05, 4.69) is 5.32 Å². The van der Waals surface area contributed by atoms with Crippen molar-refractivity contribution in [2.75, 3.05) is 26.2 Å². The first-order chi connectivity index (χ1) is 8.61. The van der Waals surface area contributed by atoms with Gasteiger partial charge in [-0.2, -0.15) is 0 Å². The zero-order valence-corrected chi connectivity index (χ0v) is 20.4. The van der Waals surface area contributed by atoms with Crippen LogP contribution in [0.5, 0.6) is 0 Å². The quantitative estimate of drug-likeness (QED) is 0.327. The van der Waals surface area contributed by atoms with Gasteiger partial charge in [-0.05, 0) is 20.8 Å². The first-order valence-electron chi connectivity index (χ1n) is 5.25. The molecule has 0 rings (SSSR count). The molecule has 0 radical (unpaired) electrons. The van der Waals surface area contributed by atoms with E-state index in [1.165, 1.54) is 0 Å². The Bertz CT molecular complexity index is 191. The van der Waals surface area contributed by atoms with E-state index in [4.69, 9.17) is 41.2 Å². The first kappa shape index (κ1) is 43.6. The van der Waals surface area contributed by atoms with Gasteiger partial charge in [-0.15, -0.1) is 0 Å². The molecule has 116 valence electrons. The molecule has 0 aliphatic rings. The number of nitrogens with one attached hydrogen (secondary N) is 1. The normalized spacial score (nSPS) is 6.41. The molecule has 0 saturated heterocycles. The van der Waals surface area contributed by atoms with E-state index in [9.17, 15) is 0 Å². The van der Waals surface area contributed by atoms with E-state index in [0.717, 1.165) is 33.9 Å². The Morgan fingerprint density at radius 1 is 0.727 bits per heavy atom. The van der Waals surface area contributed by atoms with Gasteiger partial charge in [-0.25, -0.2) is 0 Å². The van der Waals surface area contributed by atoms with E-state index in [1.54, 1.807) is 0 Å². The molecule has 12 heteroatoms. The summed E-state index contributed by atoms with van der Waals surface area (Å²) in [6, 6.07) is 0. The summed E-state index contributed by atoms with van der Waals surface area (Å²) >= 11 is 0. The van der Waals surface area contributed by atoms with Crippen LogP contribution in [0, 0.1) is 0 Å². The molecule has 0 aromatic rings. The van der Waals surface area contributed by atoms with Gasteiger partial charge in [0.15, 0.2) is 0 Å². The largest absolute Gasteiger partial charge is 1.00 e. The molecule has 5 N–H and O–H groups in total. The van der Waals surface area contributed by atoms with Gasteiger partial charge < -0.3 is 46.5 Å². The number of rotatable bonds is 4. The van der Waals surface area contributed by atoms with Crippen molar-refractivity contribution in [2.24, 2.45) is 11.5 Å². The molecule has 0 aromatic heterocycles. The molecule has 0 atom stereocenters.